The van der Waals surface area contributed by atoms with Crippen LogP contribution in [0.15, 0.2) is 30.3 Å². The molecule has 70 valence electrons. The first-order valence-electron chi connectivity index (χ1n) is 4.66. The van der Waals surface area contributed by atoms with Gasteiger partial charge in [0.15, 0.2) is 0 Å². The first-order chi connectivity index (χ1) is 6.22. The summed E-state index contributed by atoms with van der Waals surface area (Å²) in [6, 6.07) is 7.89. The summed E-state index contributed by atoms with van der Waals surface area (Å²) in [6.45, 7) is 4.41. The second-order valence-corrected chi connectivity index (χ2v) is 3.73. The molecule has 0 saturated carbocycles. The second-order valence-electron chi connectivity index (χ2n) is 3.30. The molecule has 0 saturated heterocycles. The molecule has 0 aliphatic carbocycles. The summed E-state index contributed by atoms with van der Waals surface area (Å²) in [5, 5.41) is 0.792. The molecule has 0 aliphatic rings. The minimum absolute atomic E-state index is 0.649. The van der Waals surface area contributed by atoms with Crippen LogP contribution in [0.25, 0.3) is 6.08 Å². The fourth-order valence-corrected chi connectivity index (χ4v) is 1.11. The Morgan fingerprint density at radius 1 is 1.31 bits per heavy atom. The van der Waals surface area contributed by atoms with Gasteiger partial charge in [-0.05, 0) is 23.6 Å². The van der Waals surface area contributed by atoms with Gasteiger partial charge in [0.05, 0.1) is 0 Å². The van der Waals surface area contributed by atoms with Gasteiger partial charge in [-0.15, -0.1) is 0 Å². The van der Waals surface area contributed by atoms with Gasteiger partial charge in [0.2, 0.25) is 0 Å². The lowest BCUT2D eigenvalue weighted by atomic mass is 10.1. The average Bonchev–Trinajstić information content (AvgIpc) is 2.16. The van der Waals surface area contributed by atoms with E-state index in [0.29, 0.717) is 5.92 Å². The molecule has 0 N–H and O–H groups in total. The fourth-order valence-electron chi connectivity index (χ4n) is 0.985. The Morgan fingerprint density at radius 3 is 2.46 bits per heavy atom. The highest BCUT2D eigenvalue weighted by atomic mass is 35.5. The number of allylic oxidation sites excluding steroid dienone is 1. The van der Waals surface area contributed by atoms with Gasteiger partial charge in [-0.2, -0.15) is 0 Å². The maximum absolute atomic E-state index is 5.78. The second kappa shape index (κ2) is 5.08. The molecule has 0 radical (unpaired) electrons. The summed E-state index contributed by atoms with van der Waals surface area (Å²) < 4.78 is 0. The molecule has 1 atom stereocenters. The molecule has 0 fully saturated rings. The normalized spacial score (nSPS) is 13.5. The lowest BCUT2D eigenvalue weighted by Gasteiger charge is -1.99. The molecule has 1 heteroatoms. The van der Waals surface area contributed by atoms with Crippen molar-refractivity contribution in [2.75, 3.05) is 0 Å². The van der Waals surface area contributed by atoms with Crippen LogP contribution >= 0.6 is 11.6 Å². The SMILES string of the molecule is CC[C@H](C)/C=C/c1ccc(Cl)cc1. The summed E-state index contributed by atoms with van der Waals surface area (Å²) in [6.07, 6.45) is 5.55. The van der Waals surface area contributed by atoms with Crippen LogP contribution in [0.5, 0.6) is 0 Å². The van der Waals surface area contributed by atoms with E-state index in [9.17, 15) is 0 Å². The molecule has 0 spiro atoms. The largest absolute Gasteiger partial charge is 0.0843 e. The van der Waals surface area contributed by atoms with Gasteiger partial charge in [0, 0.05) is 5.02 Å². The van der Waals surface area contributed by atoms with Crippen LogP contribution in [0.1, 0.15) is 25.8 Å². The van der Waals surface area contributed by atoms with Crippen LogP contribution in [0.4, 0.5) is 0 Å². The fraction of sp³-hybridized carbons (Fsp3) is 0.333. The van der Waals surface area contributed by atoms with Gasteiger partial charge in [-0.3, -0.25) is 0 Å². The van der Waals surface area contributed by atoms with Crippen molar-refractivity contribution in [2.45, 2.75) is 20.3 Å². The third kappa shape index (κ3) is 3.65. The van der Waals surface area contributed by atoms with Crippen molar-refractivity contribution < 1.29 is 0 Å². The van der Waals surface area contributed by atoms with Crippen LogP contribution in [0, 0.1) is 5.92 Å². The van der Waals surface area contributed by atoms with Gasteiger partial charge in [-0.25, -0.2) is 0 Å². The zero-order valence-electron chi connectivity index (χ0n) is 8.13. The molecular weight excluding hydrogens is 180 g/mol. The van der Waals surface area contributed by atoms with E-state index in [1.807, 2.05) is 24.3 Å². The van der Waals surface area contributed by atoms with Crippen molar-refractivity contribution in [2.24, 2.45) is 5.92 Å². The maximum atomic E-state index is 5.78. The van der Waals surface area contributed by atoms with Gasteiger partial charge >= 0.3 is 0 Å². The van der Waals surface area contributed by atoms with Crippen molar-refractivity contribution in [3.63, 3.8) is 0 Å². The molecule has 0 bridgehead atoms. The lowest BCUT2D eigenvalue weighted by molar-refractivity contribution is 0.701. The number of hydrogen-bond donors (Lipinski definition) is 0. The van der Waals surface area contributed by atoms with Crippen LogP contribution in [-0.2, 0) is 0 Å². The molecule has 0 aromatic heterocycles. The Labute approximate surface area is 85.2 Å². The topological polar surface area (TPSA) is 0 Å². The molecule has 13 heavy (non-hydrogen) atoms. The molecule has 0 amide bonds. The van der Waals surface area contributed by atoms with Gasteiger partial charge in [0.1, 0.15) is 0 Å². The van der Waals surface area contributed by atoms with Crippen LogP contribution in [-0.4, -0.2) is 0 Å². The monoisotopic (exact) mass is 194 g/mol. The summed E-state index contributed by atoms with van der Waals surface area (Å²) >= 11 is 5.78. The number of halogens is 1. The predicted molar refractivity (Wildman–Crippen MR) is 59.9 cm³/mol. The standard InChI is InChI=1S/C12H15Cl/c1-3-10(2)4-5-11-6-8-12(13)9-7-11/h4-10H,3H2,1-2H3/b5-4+/t10-/m0/s1. The van der Waals surface area contributed by atoms with Crippen molar-refractivity contribution in [3.05, 3.63) is 40.9 Å². The van der Waals surface area contributed by atoms with E-state index in [1.165, 1.54) is 12.0 Å². The van der Waals surface area contributed by atoms with Gasteiger partial charge in [-0.1, -0.05) is 56.2 Å². The summed E-state index contributed by atoms with van der Waals surface area (Å²) in [5.74, 6) is 0.649. The van der Waals surface area contributed by atoms with E-state index < -0.39 is 0 Å². The Bertz CT molecular complexity index is 272. The highest BCUT2D eigenvalue weighted by Gasteiger charge is 1.91. The van der Waals surface area contributed by atoms with Crippen molar-refractivity contribution in [1.82, 2.24) is 0 Å². The lowest BCUT2D eigenvalue weighted by Crippen LogP contribution is -1.83. The Hall–Kier alpha value is -0.750. The quantitative estimate of drug-likeness (QED) is 0.669. The molecule has 0 nitrogen and oxygen atoms in total. The summed E-state index contributed by atoms with van der Waals surface area (Å²) in [4.78, 5) is 0. The molecule has 0 unspecified atom stereocenters. The van der Waals surface area contributed by atoms with Crippen molar-refractivity contribution in [1.29, 1.82) is 0 Å². The van der Waals surface area contributed by atoms with Crippen LogP contribution < -0.4 is 0 Å². The minimum atomic E-state index is 0.649. The maximum Gasteiger partial charge on any atom is 0.0406 e. The first-order valence-corrected chi connectivity index (χ1v) is 5.04. The average molecular weight is 195 g/mol. The van der Waals surface area contributed by atoms with Gasteiger partial charge in [0.25, 0.3) is 0 Å². The van der Waals surface area contributed by atoms with Crippen molar-refractivity contribution >= 4 is 17.7 Å². The zero-order chi connectivity index (χ0) is 9.68. The van der Waals surface area contributed by atoms with E-state index >= 15 is 0 Å². The molecule has 0 aliphatic heterocycles. The van der Waals surface area contributed by atoms with E-state index in [0.717, 1.165) is 5.02 Å². The zero-order valence-corrected chi connectivity index (χ0v) is 8.88. The molecular formula is C12H15Cl. The summed E-state index contributed by atoms with van der Waals surface area (Å²) in [5.41, 5.74) is 1.21. The van der Waals surface area contributed by atoms with E-state index in [1.54, 1.807) is 0 Å². The summed E-state index contributed by atoms with van der Waals surface area (Å²) in [7, 11) is 0. The van der Waals surface area contributed by atoms with E-state index in [-0.39, 0.29) is 0 Å². The Morgan fingerprint density at radius 2 is 1.92 bits per heavy atom. The predicted octanol–water partition coefficient (Wildman–Crippen LogP) is 4.40. The third-order valence-corrected chi connectivity index (χ3v) is 2.38. The molecule has 1 aromatic rings. The highest BCUT2D eigenvalue weighted by Crippen LogP contribution is 2.12. The smallest absolute Gasteiger partial charge is 0.0406 e. The Kier molecular flexibility index (Phi) is 4.04. The Balaban J connectivity index is 2.64. The molecule has 1 rings (SSSR count). The molecule has 0 heterocycles. The number of benzene rings is 1. The number of hydrogen-bond acceptors (Lipinski definition) is 0. The highest BCUT2D eigenvalue weighted by molar-refractivity contribution is 6.30. The van der Waals surface area contributed by atoms with E-state index in [4.69, 9.17) is 11.6 Å². The van der Waals surface area contributed by atoms with Crippen LogP contribution in [0.3, 0.4) is 0 Å². The third-order valence-electron chi connectivity index (χ3n) is 2.13. The minimum Gasteiger partial charge on any atom is -0.0843 e. The van der Waals surface area contributed by atoms with Gasteiger partial charge < -0.3 is 0 Å². The van der Waals surface area contributed by atoms with Crippen molar-refractivity contribution in [3.8, 4) is 0 Å². The van der Waals surface area contributed by atoms with Crippen LogP contribution in [0.2, 0.25) is 5.02 Å². The number of rotatable bonds is 3. The van der Waals surface area contributed by atoms with E-state index in [2.05, 4.69) is 26.0 Å². The molecule has 1 aromatic carbocycles. The first kappa shape index (κ1) is 10.3.